The minimum absolute atomic E-state index is 0.0749. The zero-order valence-corrected chi connectivity index (χ0v) is 29.2. The largest absolute Gasteiger partial charge is 0.343 e. The summed E-state index contributed by atoms with van der Waals surface area (Å²) < 4.78 is 0. The Balaban J connectivity index is 1.25. The highest BCUT2D eigenvalue weighted by Gasteiger charge is 2.35. The van der Waals surface area contributed by atoms with Crippen molar-refractivity contribution >= 4 is 44.7 Å². The van der Waals surface area contributed by atoms with Crippen molar-refractivity contribution in [2.75, 3.05) is 11.9 Å². The van der Waals surface area contributed by atoms with Crippen LogP contribution < -0.4 is 4.90 Å². The SMILES string of the molecule is CN1c2ccccc2Sc2ccc(-c3c4ccccc4c(-c4ccc5c(c4)C(C)(C)c4ccccc4-5)c4cc(-c5ccccc5)ccc34)cc21. The molecule has 0 fully saturated rings. The molecule has 1 aliphatic heterocycles. The molecule has 1 nitrogen and oxygen atoms in total. The second kappa shape index (κ2) is 11.0. The van der Waals surface area contributed by atoms with Gasteiger partial charge < -0.3 is 4.90 Å². The molecule has 8 aromatic rings. The fraction of sp³-hybridized carbons (Fsp3) is 0.0833. The molecular formula is C48H35NS. The number of rotatable bonds is 3. The smallest absolute Gasteiger partial charge is 0.0556 e. The van der Waals surface area contributed by atoms with Crippen LogP contribution in [0.3, 0.4) is 0 Å². The van der Waals surface area contributed by atoms with E-state index < -0.39 is 0 Å². The number of nitrogens with zero attached hydrogens (tertiary/aromatic N) is 1. The summed E-state index contributed by atoms with van der Waals surface area (Å²) >= 11 is 1.86. The van der Waals surface area contributed by atoms with Gasteiger partial charge in [-0.3, -0.25) is 0 Å². The van der Waals surface area contributed by atoms with E-state index in [1.54, 1.807) is 0 Å². The van der Waals surface area contributed by atoms with E-state index in [4.69, 9.17) is 0 Å². The topological polar surface area (TPSA) is 3.24 Å². The van der Waals surface area contributed by atoms with E-state index in [0.717, 1.165) is 0 Å². The molecular weight excluding hydrogens is 623 g/mol. The Morgan fingerprint density at radius 2 is 1.02 bits per heavy atom. The summed E-state index contributed by atoms with van der Waals surface area (Å²) in [5.41, 5.74) is 15.5. The summed E-state index contributed by atoms with van der Waals surface area (Å²) in [7, 11) is 2.19. The first-order chi connectivity index (χ1) is 24.5. The monoisotopic (exact) mass is 657 g/mol. The minimum atomic E-state index is -0.0749. The highest BCUT2D eigenvalue weighted by molar-refractivity contribution is 7.99. The van der Waals surface area contributed by atoms with Crippen LogP contribution in [0.25, 0.3) is 66.1 Å². The molecule has 0 aromatic heterocycles. The number of anilines is 2. The third-order valence-electron chi connectivity index (χ3n) is 11.1. The lowest BCUT2D eigenvalue weighted by Gasteiger charge is -2.30. The molecule has 0 atom stereocenters. The fourth-order valence-corrected chi connectivity index (χ4v) is 9.69. The number of para-hydroxylation sites is 1. The van der Waals surface area contributed by atoms with E-state index in [-0.39, 0.29) is 5.41 Å². The van der Waals surface area contributed by atoms with Crippen LogP contribution >= 0.6 is 11.8 Å². The lowest BCUT2D eigenvalue weighted by molar-refractivity contribution is 0.660. The highest BCUT2D eigenvalue weighted by Crippen LogP contribution is 2.53. The van der Waals surface area contributed by atoms with Gasteiger partial charge >= 0.3 is 0 Å². The van der Waals surface area contributed by atoms with Crippen molar-refractivity contribution in [1.82, 2.24) is 0 Å². The lowest BCUT2D eigenvalue weighted by Crippen LogP contribution is -2.14. The molecule has 0 saturated heterocycles. The maximum atomic E-state index is 2.48. The van der Waals surface area contributed by atoms with E-state index in [1.807, 2.05) is 11.8 Å². The molecule has 0 unspecified atom stereocenters. The van der Waals surface area contributed by atoms with Gasteiger partial charge in [0.05, 0.1) is 11.4 Å². The van der Waals surface area contributed by atoms with Crippen LogP contribution in [-0.2, 0) is 5.41 Å². The van der Waals surface area contributed by atoms with Gasteiger partial charge in [0.25, 0.3) is 0 Å². The van der Waals surface area contributed by atoms with Gasteiger partial charge in [-0.25, -0.2) is 0 Å². The van der Waals surface area contributed by atoms with Crippen LogP contribution in [0.15, 0.2) is 168 Å². The normalized spacial score (nSPS) is 13.9. The van der Waals surface area contributed by atoms with Gasteiger partial charge in [0.1, 0.15) is 0 Å². The maximum absolute atomic E-state index is 2.48. The lowest BCUT2D eigenvalue weighted by atomic mass is 9.80. The Morgan fingerprint density at radius 3 is 1.86 bits per heavy atom. The van der Waals surface area contributed by atoms with E-state index in [9.17, 15) is 0 Å². The van der Waals surface area contributed by atoms with Crippen LogP contribution in [0.4, 0.5) is 11.4 Å². The molecule has 0 spiro atoms. The minimum Gasteiger partial charge on any atom is -0.343 e. The van der Waals surface area contributed by atoms with Crippen molar-refractivity contribution in [3.63, 3.8) is 0 Å². The van der Waals surface area contributed by atoms with Gasteiger partial charge in [0, 0.05) is 22.3 Å². The molecule has 50 heavy (non-hydrogen) atoms. The molecule has 0 bridgehead atoms. The van der Waals surface area contributed by atoms with Crippen LogP contribution in [0.2, 0.25) is 0 Å². The first-order valence-electron chi connectivity index (χ1n) is 17.4. The standard InChI is InChI=1S/C48H35NS/c1-48(2)40-18-10-9-15-34(40)35-24-22-32(28-41(35)48)47-37-17-8-7-16-36(37)46(38-25-21-31(27-39(38)47)30-13-5-4-6-14-30)33-23-26-45-43(29-33)49(3)42-19-11-12-20-44(42)50-45/h4-29H,1-3H3. The van der Waals surface area contributed by atoms with Gasteiger partial charge in [0.2, 0.25) is 0 Å². The molecule has 1 aliphatic carbocycles. The Morgan fingerprint density at radius 1 is 0.420 bits per heavy atom. The van der Waals surface area contributed by atoms with E-state index in [1.165, 1.54) is 98.3 Å². The fourth-order valence-electron chi connectivity index (χ4n) is 8.56. The Kier molecular flexibility index (Phi) is 6.44. The van der Waals surface area contributed by atoms with Gasteiger partial charge in [-0.1, -0.05) is 147 Å². The first-order valence-corrected chi connectivity index (χ1v) is 18.2. The van der Waals surface area contributed by atoms with Crippen LogP contribution in [0.1, 0.15) is 25.0 Å². The Bertz CT molecular complexity index is 2670. The molecule has 0 N–H and O–H groups in total. The first kappa shape index (κ1) is 29.4. The van der Waals surface area contributed by atoms with Crippen LogP contribution in [-0.4, -0.2) is 7.05 Å². The summed E-state index contributed by atoms with van der Waals surface area (Å²) in [6, 6.07) is 58.8. The number of benzene rings is 8. The summed E-state index contributed by atoms with van der Waals surface area (Å²) in [4.78, 5) is 4.93. The zero-order valence-electron chi connectivity index (χ0n) is 28.4. The highest BCUT2D eigenvalue weighted by atomic mass is 32.2. The molecule has 0 radical (unpaired) electrons. The van der Waals surface area contributed by atoms with Gasteiger partial charge in [-0.15, -0.1) is 0 Å². The van der Waals surface area contributed by atoms with E-state index >= 15 is 0 Å². The van der Waals surface area contributed by atoms with Gasteiger partial charge in [-0.2, -0.15) is 0 Å². The van der Waals surface area contributed by atoms with Crippen molar-refractivity contribution in [1.29, 1.82) is 0 Å². The second-order valence-electron chi connectivity index (χ2n) is 14.2. The van der Waals surface area contributed by atoms with Crippen molar-refractivity contribution < 1.29 is 0 Å². The Hall–Kier alpha value is -5.57. The molecule has 238 valence electrons. The predicted octanol–water partition coefficient (Wildman–Crippen LogP) is 13.5. The van der Waals surface area contributed by atoms with Gasteiger partial charge in [0.15, 0.2) is 0 Å². The average molecular weight is 658 g/mol. The second-order valence-corrected chi connectivity index (χ2v) is 15.2. The molecule has 8 aromatic carbocycles. The molecule has 10 rings (SSSR count). The van der Waals surface area contributed by atoms with Crippen molar-refractivity contribution in [2.45, 2.75) is 29.1 Å². The van der Waals surface area contributed by atoms with Crippen molar-refractivity contribution in [2.24, 2.45) is 0 Å². The zero-order chi connectivity index (χ0) is 33.6. The predicted molar refractivity (Wildman–Crippen MR) is 214 cm³/mol. The van der Waals surface area contributed by atoms with Crippen molar-refractivity contribution in [3.8, 4) is 44.5 Å². The van der Waals surface area contributed by atoms with Crippen LogP contribution in [0.5, 0.6) is 0 Å². The molecule has 0 amide bonds. The molecule has 2 heteroatoms. The summed E-state index contributed by atoms with van der Waals surface area (Å²) in [6.45, 7) is 4.75. The van der Waals surface area contributed by atoms with Gasteiger partial charge in [-0.05, 0) is 114 Å². The number of fused-ring (bicyclic) bond motifs is 7. The van der Waals surface area contributed by atoms with E-state index in [0.29, 0.717) is 0 Å². The summed E-state index contributed by atoms with van der Waals surface area (Å²) in [5, 5.41) is 5.10. The molecule has 1 heterocycles. The maximum Gasteiger partial charge on any atom is 0.0556 e. The quantitative estimate of drug-likeness (QED) is 0.174. The van der Waals surface area contributed by atoms with Crippen molar-refractivity contribution in [3.05, 3.63) is 169 Å². The Labute approximate surface area is 297 Å². The summed E-state index contributed by atoms with van der Waals surface area (Å²) in [6.07, 6.45) is 0. The third-order valence-corrected chi connectivity index (χ3v) is 12.2. The molecule has 2 aliphatic rings. The number of hydrogen-bond donors (Lipinski definition) is 0. The van der Waals surface area contributed by atoms with E-state index in [2.05, 4.69) is 184 Å². The molecule has 0 saturated carbocycles. The average Bonchev–Trinajstić information content (AvgIpc) is 3.39. The third kappa shape index (κ3) is 4.28. The summed E-state index contributed by atoms with van der Waals surface area (Å²) in [5.74, 6) is 0. The number of hydrogen-bond acceptors (Lipinski definition) is 2. The van der Waals surface area contributed by atoms with Crippen LogP contribution in [0, 0.1) is 0 Å².